The van der Waals surface area contributed by atoms with Gasteiger partial charge in [0, 0.05) is 29.0 Å². The zero-order chi connectivity index (χ0) is 20.1. The van der Waals surface area contributed by atoms with E-state index in [1.54, 1.807) is 12.1 Å². The zero-order valence-electron chi connectivity index (χ0n) is 14.5. The molecule has 0 aliphatic carbocycles. The molecule has 28 heavy (non-hydrogen) atoms. The van der Waals surface area contributed by atoms with Crippen molar-refractivity contribution >= 4 is 46.6 Å². The van der Waals surface area contributed by atoms with E-state index in [2.05, 4.69) is 0 Å². The Hall–Kier alpha value is -2.00. The summed E-state index contributed by atoms with van der Waals surface area (Å²) in [6.07, 6.45) is 0. The predicted octanol–water partition coefficient (Wildman–Crippen LogP) is 4.74. The number of ether oxygens (including phenoxy) is 3. The van der Waals surface area contributed by atoms with Gasteiger partial charge in [-0.3, -0.25) is 14.9 Å². The van der Waals surface area contributed by atoms with Gasteiger partial charge in [0.25, 0.3) is 5.69 Å². The van der Waals surface area contributed by atoms with Crippen molar-refractivity contribution in [2.75, 3.05) is 12.5 Å². The number of rotatable bonds is 7. The molecule has 3 rings (SSSR count). The summed E-state index contributed by atoms with van der Waals surface area (Å²) >= 11 is 13.2. The maximum Gasteiger partial charge on any atom is 0.316 e. The third-order valence-electron chi connectivity index (χ3n) is 3.84. The second-order valence-corrected chi connectivity index (χ2v) is 7.66. The topological polar surface area (TPSA) is 87.9 Å². The smallest absolute Gasteiger partial charge is 0.316 e. The van der Waals surface area contributed by atoms with Crippen molar-refractivity contribution in [2.45, 2.75) is 19.0 Å². The van der Waals surface area contributed by atoms with Crippen LogP contribution in [-0.2, 0) is 33.2 Å². The van der Waals surface area contributed by atoms with Crippen LogP contribution < -0.4 is 4.74 Å². The van der Waals surface area contributed by atoms with Crippen LogP contribution >= 0.6 is 35.0 Å². The van der Waals surface area contributed by atoms with E-state index in [9.17, 15) is 14.9 Å². The van der Waals surface area contributed by atoms with Crippen molar-refractivity contribution in [1.29, 1.82) is 0 Å². The lowest BCUT2D eigenvalue weighted by Crippen LogP contribution is -2.15. The fourth-order valence-electron chi connectivity index (χ4n) is 2.58. The molecule has 0 fully saturated rings. The summed E-state index contributed by atoms with van der Waals surface area (Å²) in [6, 6.07) is 8.03. The first-order valence-electron chi connectivity index (χ1n) is 8.12. The Balaban J connectivity index is 1.56. The number of thioether (sulfide) groups is 1. The second-order valence-electron chi connectivity index (χ2n) is 5.86. The van der Waals surface area contributed by atoms with Crippen molar-refractivity contribution in [3.05, 3.63) is 67.2 Å². The van der Waals surface area contributed by atoms with Crippen LogP contribution in [0.5, 0.6) is 5.75 Å². The molecule has 0 aromatic heterocycles. The van der Waals surface area contributed by atoms with Gasteiger partial charge in [0.1, 0.15) is 12.4 Å². The molecule has 0 spiro atoms. The molecule has 0 unspecified atom stereocenters. The number of carbonyl (C=O) groups excluding carboxylic acids is 1. The molecule has 2 aromatic carbocycles. The van der Waals surface area contributed by atoms with Gasteiger partial charge >= 0.3 is 5.97 Å². The normalized spacial score (nSPS) is 12.8. The van der Waals surface area contributed by atoms with Gasteiger partial charge in [-0.15, -0.1) is 11.8 Å². The average Bonchev–Trinajstić information content (AvgIpc) is 2.68. The second kappa shape index (κ2) is 9.47. The Morgan fingerprint density at radius 2 is 2.07 bits per heavy atom. The van der Waals surface area contributed by atoms with Gasteiger partial charge < -0.3 is 14.2 Å². The molecule has 148 valence electrons. The first-order chi connectivity index (χ1) is 13.4. The molecule has 1 heterocycles. The number of nitro benzene ring substituents is 1. The van der Waals surface area contributed by atoms with Crippen LogP contribution in [0.2, 0.25) is 10.0 Å². The number of hydrogen-bond donors (Lipinski definition) is 0. The van der Waals surface area contributed by atoms with Crippen LogP contribution in [0.1, 0.15) is 16.7 Å². The van der Waals surface area contributed by atoms with E-state index in [1.807, 2.05) is 6.07 Å². The summed E-state index contributed by atoms with van der Waals surface area (Å²) in [5.41, 5.74) is 1.83. The van der Waals surface area contributed by atoms with Crippen LogP contribution in [0.3, 0.4) is 0 Å². The first-order valence-corrected chi connectivity index (χ1v) is 10.0. The van der Waals surface area contributed by atoms with Crippen LogP contribution in [-0.4, -0.2) is 23.4 Å². The molecule has 0 bridgehead atoms. The molecule has 7 nitrogen and oxygen atoms in total. The average molecular weight is 444 g/mol. The summed E-state index contributed by atoms with van der Waals surface area (Å²) in [4.78, 5) is 22.6. The molecule has 1 aliphatic heterocycles. The van der Waals surface area contributed by atoms with E-state index < -0.39 is 10.9 Å². The molecule has 0 saturated carbocycles. The highest BCUT2D eigenvalue weighted by molar-refractivity contribution is 7.99. The molecule has 10 heteroatoms. The van der Waals surface area contributed by atoms with Crippen LogP contribution in [0.4, 0.5) is 5.69 Å². The van der Waals surface area contributed by atoms with Crippen molar-refractivity contribution < 1.29 is 23.9 Å². The molecule has 0 N–H and O–H groups in total. The molecule has 0 atom stereocenters. The largest absolute Gasteiger partial charge is 0.467 e. The number of fused-ring (bicyclic) bond motifs is 1. The summed E-state index contributed by atoms with van der Waals surface area (Å²) in [5, 5.41) is 12.0. The van der Waals surface area contributed by atoms with E-state index >= 15 is 0 Å². The number of halogens is 2. The van der Waals surface area contributed by atoms with Gasteiger partial charge in [0.15, 0.2) is 6.79 Å². The highest BCUT2D eigenvalue weighted by atomic mass is 35.5. The Morgan fingerprint density at radius 3 is 2.82 bits per heavy atom. The van der Waals surface area contributed by atoms with Gasteiger partial charge in [-0.05, 0) is 17.7 Å². The first kappa shape index (κ1) is 20.7. The lowest BCUT2D eigenvalue weighted by Gasteiger charge is -2.20. The summed E-state index contributed by atoms with van der Waals surface area (Å²) in [5.74, 6) is 0.727. The SMILES string of the molecule is O=C(CSCc1ccc(Cl)c(Cl)c1)OCc1cc([N+](=O)[O-])cc2c1OCOC2. The van der Waals surface area contributed by atoms with Gasteiger partial charge in [-0.2, -0.15) is 0 Å². The van der Waals surface area contributed by atoms with Crippen molar-refractivity contribution in [3.8, 4) is 5.75 Å². The van der Waals surface area contributed by atoms with E-state index in [0.717, 1.165) is 5.56 Å². The third-order valence-corrected chi connectivity index (χ3v) is 5.56. The maximum atomic E-state index is 12.0. The fourth-order valence-corrected chi connectivity index (χ4v) is 3.66. The Kier molecular flexibility index (Phi) is 7.01. The van der Waals surface area contributed by atoms with E-state index in [-0.39, 0.29) is 31.4 Å². The predicted molar refractivity (Wildman–Crippen MR) is 106 cm³/mol. The van der Waals surface area contributed by atoms with Crippen LogP contribution in [0.25, 0.3) is 0 Å². The molecule has 1 aliphatic rings. The Labute approximate surface area is 175 Å². The molecule has 0 radical (unpaired) electrons. The minimum atomic E-state index is -0.507. The molecular weight excluding hydrogens is 429 g/mol. The standard InChI is InChI=1S/C18H15Cl2NO6S/c19-15-2-1-11(3-16(15)20)8-28-9-17(22)26-7-13-5-14(21(23)24)4-12-6-25-10-27-18(12)13/h1-5H,6-10H2. The highest BCUT2D eigenvalue weighted by Crippen LogP contribution is 2.33. The van der Waals surface area contributed by atoms with Gasteiger partial charge in [-0.25, -0.2) is 0 Å². The number of nitrogens with zero attached hydrogens (tertiary/aromatic N) is 1. The van der Waals surface area contributed by atoms with Gasteiger partial charge in [0.05, 0.1) is 27.3 Å². The maximum absolute atomic E-state index is 12.0. The van der Waals surface area contributed by atoms with Crippen LogP contribution in [0, 0.1) is 10.1 Å². The van der Waals surface area contributed by atoms with E-state index in [1.165, 1.54) is 23.9 Å². The quantitative estimate of drug-likeness (QED) is 0.346. The number of carbonyl (C=O) groups is 1. The van der Waals surface area contributed by atoms with Crippen molar-refractivity contribution in [1.82, 2.24) is 0 Å². The Morgan fingerprint density at radius 1 is 1.25 bits per heavy atom. The molecule has 0 amide bonds. The number of nitro groups is 1. The number of esters is 1. The summed E-state index contributed by atoms with van der Waals surface area (Å²) < 4.78 is 15.8. The molecule has 2 aromatic rings. The van der Waals surface area contributed by atoms with Crippen molar-refractivity contribution in [2.24, 2.45) is 0 Å². The lowest BCUT2D eigenvalue weighted by atomic mass is 10.1. The van der Waals surface area contributed by atoms with E-state index in [4.69, 9.17) is 37.4 Å². The van der Waals surface area contributed by atoms with Gasteiger partial charge in [0.2, 0.25) is 0 Å². The monoisotopic (exact) mass is 443 g/mol. The van der Waals surface area contributed by atoms with E-state index in [0.29, 0.717) is 32.7 Å². The number of benzene rings is 2. The molecular formula is C18H15Cl2NO6S. The van der Waals surface area contributed by atoms with Crippen molar-refractivity contribution in [3.63, 3.8) is 0 Å². The fraction of sp³-hybridized carbons (Fsp3) is 0.278. The minimum Gasteiger partial charge on any atom is -0.467 e. The number of non-ortho nitro benzene ring substituents is 1. The number of hydrogen-bond acceptors (Lipinski definition) is 7. The summed E-state index contributed by atoms with van der Waals surface area (Å²) in [6.45, 7) is 0.138. The Bertz CT molecular complexity index is 908. The zero-order valence-corrected chi connectivity index (χ0v) is 16.8. The highest BCUT2D eigenvalue weighted by Gasteiger charge is 2.21. The third kappa shape index (κ3) is 5.29. The minimum absolute atomic E-state index is 0.0469. The summed E-state index contributed by atoms with van der Waals surface area (Å²) in [7, 11) is 0. The lowest BCUT2D eigenvalue weighted by molar-refractivity contribution is -0.385. The van der Waals surface area contributed by atoms with Gasteiger partial charge in [-0.1, -0.05) is 29.3 Å². The molecule has 0 saturated heterocycles. The van der Waals surface area contributed by atoms with Crippen LogP contribution in [0.15, 0.2) is 30.3 Å².